The van der Waals surface area contributed by atoms with Crippen LogP contribution in [0.1, 0.15) is 0 Å². The van der Waals surface area contributed by atoms with E-state index in [4.69, 9.17) is 0 Å². The molecule has 0 atom stereocenters. The minimum atomic E-state index is 0.469. The van der Waals surface area contributed by atoms with Gasteiger partial charge in [0.1, 0.15) is 5.52 Å². The summed E-state index contributed by atoms with van der Waals surface area (Å²) in [4.78, 5) is 4.36. The Morgan fingerprint density at radius 2 is 1.94 bits per heavy atom. The van der Waals surface area contributed by atoms with Crippen LogP contribution in [0.3, 0.4) is 0 Å². The van der Waals surface area contributed by atoms with Gasteiger partial charge >= 0.3 is 0 Å². The zero-order valence-electron chi connectivity index (χ0n) is 9.20. The second kappa shape index (κ2) is 3.82. The number of fused-ring (bicyclic) bond motifs is 1. The van der Waals surface area contributed by atoms with E-state index >= 15 is 0 Å². The van der Waals surface area contributed by atoms with Crippen molar-refractivity contribution in [3.8, 4) is 0 Å². The van der Waals surface area contributed by atoms with Gasteiger partial charge in [-0.15, -0.1) is 10.2 Å². The van der Waals surface area contributed by atoms with Crippen LogP contribution in [0.25, 0.3) is 11.0 Å². The average molecular weight is 226 g/mol. The van der Waals surface area contributed by atoms with Crippen LogP contribution in [0.15, 0.2) is 36.7 Å². The van der Waals surface area contributed by atoms with Crippen molar-refractivity contribution >= 4 is 22.7 Å². The lowest BCUT2D eigenvalue weighted by atomic mass is 10.3. The molecule has 0 aliphatic carbocycles. The van der Waals surface area contributed by atoms with Gasteiger partial charge in [-0.2, -0.15) is 5.10 Å². The fourth-order valence-corrected chi connectivity index (χ4v) is 1.55. The molecule has 0 unspecified atom stereocenters. The van der Waals surface area contributed by atoms with Crippen LogP contribution in [0.5, 0.6) is 0 Å². The molecule has 0 saturated carbocycles. The maximum atomic E-state index is 4.36. The molecule has 0 saturated heterocycles. The summed E-state index contributed by atoms with van der Waals surface area (Å²) in [5, 5.41) is 15.2. The summed E-state index contributed by atoms with van der Waals surface area (Å²) in [5.41, 5.74) is 2.43. The molecule has 0 amide bonds. The van der Waals surface area contributed by atoms with E-state index in [1.165, 1.54) is 0 Å². The molecular weight excluding hydrogens is 216 g/mol. The number of hydrogen-bond acceptors (Lipinski definition) is 5. The first-order chi connectivity index (χ1) is 8.31. The Bertz CT molecular complexity index is 660. The lowest BCUT2D eigenvalue weighted by Crippen LogP contribution is -1.98. The molecule has 0 fully saturated rings. The van der Waals surface area contributed by atoms with Crippen molar-refractivity contribution in [3.63, 3.8) is 0 Å². The summed E-state index contributed by atoms with van der Waals surface area (Å²) in [5.74, 6) is 0.469. The molecule has 0 aliphatic heterocycles. The average Bonchev–Trinajstić information content (AvgIpc) is 2.75. The molecule has 3 rings (SSSR count). The van der Waals surface area contributed by atoms with Crippen molar-refractivity contribution in [1.29, 1.82) is 0 Å². The van der Waals surface area contributed by atoms with Gasteiger partial charge in [-0.25, -0.2) is 4.98 Å². The third-order valence-corrected chi connectivity index (χ3v) is 2.32. The molecule has 1 aromatic carbocycles. The molecule has 84 valence electrons. The molecular formula is C11H10N6. The fraction of sp³-hybridized carbons (Fsp3) is 0.0909. The predicted molar refractivity (Wildman–Crippen MR) is 63.8 cm³/mol. The van der Waals surface area contributed by atoms with Gasteiger partial charge in [0, 0.05) is 13.2 Å². The molecule has 17 heavy (non-hydrogen) atoms. The molecule has 1 N–H and O–H groups in total. The minimum absolute atomic E-state index is 0.469. The zero-order valence-corrected chi connectivity index (χ0v) is 9.20. The molecule has 0 bridgehead atoms. The van der Waals surface area contributed by atoms with Crippen LogP contribution in [0, 0.1) is 0 Å². The smallest absolute Gasteiger partial charge is 0.247 e. The van der Waals surface area contributed by atoms with E-state index in [1.54, 1.807) is 10.9 Å². The van der Waals surface area contributed by atoms with E-state index in [-0.39, 0.29) is 0 Å². The summed E-state index contributed by atoms with van der Waals surface area (Å²) < 4.78 is 1.71. The summed E-state index contributed by atoms with van der Waals surface area (Å²) in [6, 6.07) is 7.61. The number of aromatic nitrogens is 5. The van der Waals surface area contributed by atoms with E-state index < -0.39 is 0 Å². The number of anilines is 2. The molecule has 0 aliphatic rings. The standard InChI is InChI=1S/C11H10N6/c1-17-7-8(6-12-17)13-11-14-9-4-2-3-5-10(9)15-16-11/h2-7H,1H3,(H,13,14,16). The second-order valence-corrected chi connectivity index (χ2v) is 3.65. The second-order valence-electron chi connectivity index (χ2n) is 3.65. The maximum Gasteiger partial charge on any atom is 0.247 e. The third kappa shape index (κ3) is 1.92. The highest BCUT2D eigenvalue weighted by molar-refractivity contribution is 5.74. The van der Waals surface area contributed by atoms with Gasteiger partial charge in [-0.05, 0) is 12.1 Å². The van der Waals surface area contributed by atoms with Gasteiger partial charge in [0.25, 0.3) is 0 Å². The Morgan fingerprint density at radius 3 is 2.71 bits per heavy atom. The number of nitrogens with one attached hydrogen (secondary N) is 1. The van der Waals surface area contributed by atoms with E-state index in [2.05, 4.69) is 25.6 Å². The van der Waals surface area contributed by atoms with Gasteiger partial charge in [-0.3, -0.25) is 4.68 Å². The number of para-hydroxylation sites is 1. The Kier molecular flexibility index (Phi) is 2.18. The predicted octanol–water partition coefficient (Wildman–Crippen LogP) is 1.50. The Hall–Kier alpha value is -2.50. The summed E-state index contributed by atoms with van der Waals surface area (Å²) in [7, 11) is 1.85. The van der Waals surface area contributed by atoms with Crippen LogP contribution in [-0.2, 0) is 7.05 Å². The first-order valence-corrected chi connectivity index (χ1v) is 5.16. The van der Waals surface area contributed by atoms with Gasteiger partial charge in [-0.1, -0.05) is 12.1 Å². The summed E-state index contributed by atoms with van der Waals surface area (Å²) in [6.07, 6.45) is 3.55. The lowest BCUT2D eigenvalue weighted by Gasteiger charge is -2.01. The van der Waals surface area contributed by atoms with Gasteiger partial charge in [0.05, 0.1) is 17.4 Å². The molecule has 6 heteroatoms. The van der Waals surface area contributed by atoms with Crippen molar-refractivity contribution in [1.82, 2.24) is 25.0 Å². The molecule has 0 spiro atoms. The third-order valence-electron chi connectivity index (χ3n) is 2.32. The Balaban J connectivity index is 1.95. The van der Waals surface area contributed by atoms with Gasteiger partial charge in [0.15, 0.2) is 0 Å². The topological polar surface area (TPSA) is 68.5 Å². The number of rotatable bonds is 2. The lowest BCUT2D eigenvalue weighted by molar-refractivity contribution is 0.768. The highest BCUT2D eigenvalue weighted by Crippen LogP contribution is 2.13. The fourth-order valence-electron chi connectivity index (χ4n) is 1.55. The number of hydrogen-bond donors (Lipinski definition) is 1. The summed E-state index contributed by atoms with van der Waals surface area (Å²) >= 11 is 0. The van der Waals surface area contributed by atoms with E-state index in [0.29, 0.717) is 5.95 Å². The van der Waals surface area contributed by atoms with Crippen LogP contribution in [0.2, 0.25) is 0 Å². The molecule has 0 radical (unpaired) electrons. The van der Waals surface area contributed by atoms with Crippen molar-refractivity contribution < 1.29 is 0 Å². The Labute approximate surface area is 97.3 Å². The molecule has 6 nitrogen and oxygen atoms in total. The first-order valence-electron chi connectivity index (χ1n) is 5.16. The number of aryl methyl sites for hydroxylation is 1. The maximum absolute atomic E-state index is 4.36. The van der Waals surface area contributed by atoms with E-state index in [1.807, 2.05) is 37.5 Å². The first kappa shape index (κ1) is 9.71. The van der Waals surface area contributed by atoms with Crippen molar-refractivity contribution in [2.75, 3.05) is 5.32 Å². The highest BCUT2D eigenvalue weighted by Gasteiger charge is 2.02. The molecule has 3 aromatic rings. The minimum Gasteiger partial charge on any atom is -0.320 e. The van der Waals surface area contributed by atoms with Gasteiger partial charge < -0.3 is 5.32 Å². The van der Waals surface area contributed by atoms with Crippen molar-refractivity contribution in [3.05, 3.63) is 36.7 Å². The Morgan fingerprint density at radius 1 is 1.12 bits per heavy atom. The summed E-state index contributed by atoms with van der Waals surface area (Å²) in [6.45, 7) is 0. The van der Waals surface area contributed by atoms with E-state index in [0.717, 1.165) is 16.7 Å². The van der Waals surface area contributed by atoms with Crippen molar-refractivity contribution in [2.45, 2.75) is 0 Å². The van der Waals surface area contributed by atoms with Gasteiger partial charge in [0.2, 0.25) is 5.95 Å². The van der Waals surface area contributed by atoms with Crippen LogP contribution >= 0.6 is 0 Å². The van der Waals surface area contributed by atoms with Crippen LogP contribution < -0.4 is 5.32 Å². The van der Waals surface area contributed by atoms with Crippen LogP contribution in [-0.4, -0.2) is 25.0 Å². The normalized spacial score (nSPS) is 10.6. The largest absolute Gasteiger partial charge is 0.320 e. The monoisotopic (exact) mass is 226 g/mol. The quantitative estimate of drug-likeness (QED) is 0.717. The van der Waals surface area contributed by atoms with E-state index in [9.17, 15) is 0 Å². The molecule has 2 aromatic heterocycles. The zero-order chi connectivity index (χ0) is 11.7. The van der Waals surface area contributed by atoms with Crippen LogP contribution in [0.4, 0.5) is 11.6 Å². The van der Waals surface area contributed by atoms with Crippen molar-refractivity contribution in [2.24, 2.45) is 7.05 Å². The number of benzene rings is 1. The highest BCUT2D eigenvalue weighted by atomic mass is 15.3. The number of nitrogens with zero attached hydrogens (tertiary/aromatic N) is 5. The molecule has 2 heterocycles. The SMILES string of the molecule is Cn1cc(Nc2nnc3ccccc3n2)cn1.